The molecular weight excluding hydrogens is 272 g/mol. The molecule has 0 aromatic heterocycles. The molecule has 22 heavy (non-hydrogen) atoms. The van der Waals surface area contributed by atoms with Crippen molar-refractivity contribution in [2.24, 2.45) is 11.8 Å². The topological polar surface area (TPSA) is 18.5 Å². The smallest absolute Gasteiger partial charge is 0.130 e. The molecule has 0 spiro atoms. The van der Waals surface area contributed by atoms with Crippen LogP contribution in [0.4, 0.5) is 0 Å². The second-order valence-electron chi connectivity index (χ2n) is 5.76. The van der Waals surface area contributed by atoms with Gasteiger partial charge in [0.15, 0.2) is 0 Å². The second-order valence-corrected chi connectivity index (χ2v) is 5.76. The van der Waals surface area contributed by atoms with E-state index in [1.54, 1.807) is 0 Å². The van der Waals surface area contributed by atoms with Crippen LogP contribution in [0.1, 0.15) is 45.2 Å². The largest absolute Gasteiger partial charge is 0.493 e. The van der Waals surface area contributed by atoms with Crippen LogP contribution in [0.2, 0.25) is 0 Å². The monoisotopic (exact) mass is 300 g/mol. The average molecular weight is 300 g/mol. The molecule has 0 fully saturated rings. The van der Waals surface area contributed by atoms with E-state index in [1.165, 1.54) is 11.1 Å². The Kier molecular flexibility index (Phi) is 6.11. The van der Waals surface area contributed by atoms with E-state index in [2.05, 4.69) is 50.3 Å². The molecule has 1 aromatic carbocycles. The van der Waals surface area contributed by atoms with Crippen LogP contribution >= 0.6 is 0 Å². The van der Waals surface area contributed by atoms with E-state index in [1.807, 2.05) is 13.8 Å². The van der Waals surface area contributed by atoms with Crippen molar-refractivity contribution in [3.8, 4) is 11.5 Å². The van der Waals surface area contributed by atoms with Gasteiger partial charge in [0.1, 0.15) is 11.5 Å². The van der Waals surface area contributed by atoms with E-state index in [-0.39, 0.29) is 0 Å². The lowest BCUT2D eigenvalue weighted by atomic mass is 10.0. The highest BCUT2D eigenvalue weighted by molar-refractivity contribution is 5.62. The van der Waals surface area contributed by atoms with E-state index < -0.39 is 0 Å². The maximum atomic E-state index is 5.96. The van der Waals surface area contributed by atoms with Gasteiger partial charge in [0.2, 0.25) is 0 Å². The summed E-state index contributed by atoms with van der Waals surface area (Å²) in [7, 11) is 0. The number of hydrogen-bond donors (Lipinski definition) is 0. The quantitative estimate of drug-likeness (QED) is 0.658. The molecule has 3 rings (SSSR count). The molecule has 2 heteroatoms. The van der Waals surface area contributed by atoms with Gasteiger partial charge < -0.3 is 9.47 Å². The third kappa shape index (κ3) is 3.94. The maximum Gasteiger partial charge on any atom is 0.130 e. The second kappa shape index (κ2) is 8.07. The summed E-state index contributed by atoms with van der Waals surface area (Å²) < 4.78 is 11.9. The number of rotatable bonds is 1. The summed E-state index contributed by atoms with van der Waals surface area (Å²) >= 11 is 0. The van der Waals surface area contributed by atoms with E-state index in [4.69, 9.17) is 9.47 Å². The minimum Gasteiger partial charge on any atom is -0.493 e. The van der Waals surface area contributed by atoms with E-state index >= 15 is 0 Å². The van der Waals surface area contributed by atoms with Gasteiger partial charge in [-0.2, -0.15) is 0 Å². The molecule has 2 nitrogen and oxygen atoms in total. The first-order valence-corrected chi connectivity index (χ1v) is 8.53. The Hall–Kier alpha value is -1.70. The first kappa shape index (κ1) is 16.7. The van der Waals surface area contributed by atoms with Crippen molar-refractivity contribution in [3.63, 3.8) is 0 Å². The fourth-order valence-electron chi connectivity index (χ4n) is 2.62. The Morgan fingerprint density at radius 2 is 1.82 bits per heavy atom. The Labute approximate surface area is 134 Å². The molecule has 0 saturated heterocycles. The van der Waals surface area contributed by atoms with Gasteiger partial charge in [0.25, 0.3) is 0 Å². The lowest BCUT2D eigenvalue weighted by molar-refractivity contribution is 0.263. The first-order valence-electron chi connectivity index (χ1n) is 8.53. The highest BCUT2D eigenvalue weighted by Crippen LogP contribution is 2.34. The van der Waals surface area contributed by atoms with Crippen LogP contribution < -0.4 is 9.47 Å². The molecule has 120 valence electrons. The van der Waals surface area contributed by atoms with E-state index in [0.717, 1.165) is 37.6 Å². The zero-order valence-corrected chi connectivity index (χ0v) is 14.3. The number of benzene rings is 1. The lowest BCUT2D eigenvalue weighted by Gasteiger charge is -2.18. The van der Waals surface area contributed by atoms with Crippen LogP contribution in [0, 0.1) is 11.8 Å². The molecule has 0 bridgehead atoms. The lowest BCUT2D eigenvalue weighted by Crippen LogP contribution is -2.11. The van der Waals surface area contributed by atoms with Crippen LogP contribution in [-0.4, -0.2) is 13.2 Å². The van der Waals surface area contributed by atoms with Gasteiger partial charge in [-0.15, -0.1) is 0 Å². The zero-order chi connectivity index (χ0) is 15.9. The first-order chi connectivity index (χ1) is 10.8. The third-order valence-corrected chi connectivity index (χ3v) is 4.02. The number of hydrogen-bond acceptors (Lipinski definition) is 2. The molecule has 0 aliphatic carbocycles. The van der Waals surface area contributed by atoms with Gasteiger partial charge in [0, 0.05) is 23.5 Å². The molecule has 0 radical (unpaired) electrons. The van der Waals surface area contributed by atoms with Gasteiger partial charge in [-0.1, -0.05) is 52.0 Å². The van der Waals surface area contributed by atoms with Crippen LogP contribution in [0.3, 0.4) is 0 Å². The van der Waals surface area contributed by atoms with Crippen molar-refractivity contribution < 1.29 is 9.47 Å². The zero-order valence-electron chi connectivity index (χ0n) is 14.3. The summed E-state index contributed by atoms with van der Waals surface area (Å²) in [4.78, 5) is 0. The van der Waals surface area contributed by atoms with Crippen molar-refractivity contribution in [1.82, 2.24) is 0 Å². The Morgan fingerprint density at radius 3 is 2.59 bits per heavy atom. The normalized spacial score (nSPS) is 24.0. The van der Waals surface area contributed by atoms with Gasteiger partial charge in [-0.3, -0.25) is 0 Å². The van der Waals surface area contributed by atoms with Crippen LogP contribution in [0.5, 0.6) is 11.5 Å². The Morgan fingerprint density at radius 1 is 1.05 bits per heavy atom. The standard InChI is InChI=1S/C18H22O2.C2H6/c1-3-14-7-8-16-9-15-6-4-5-13(2)11-19-17(15)10-18(16)20-12-14;1-2/h4-5,7-10,13-14H,3,6,11-12H2,1-2H3;1-2H3/b5-4-;. The maximum absolute atomic E-state index is 5.96. The summed E-state index contributed by atoms with van der Waals surface area (Å²) in [5, 5.41) is 0. The summed E-state index contributed by atoms with van der Waals surface area (Å²) in [6, 6.07) is 4.28. The van der Waals surface area contributed by atoms with Gasteiger partial charge in [-0.05, 0) is 24.5 Å². The third-order valence-electron chi connectivity index (χ3n) is 4.02. The van der Waals surface area contributed by atoms with Crippen molar-refractivity contribution in [2.75, 3.05) is 13.2 Å². The fourth-order valence-corrected chi connectivity index (χ4v) is 2.62. The number of fused-ring (bicyclic) bond motifs is 2. The predicted molar refractivity (Wildman–Crippen MR) is 93.6 cm³/mol. The van der Waals surface area contributed by atoms with Crippen molar-refractivity contribution in [1.29, 1.82) is 0 Å². The van der Waals surface area contributed by atoms with Crippen molar-refractivity contribution in [2.45, 2.75) is 40.5 Å². The predicted octanol–water partition coefficient (Wildman–Crippen LogP) is 5.27. The molecular formula is C20H28O2. The number of ether oxygens (including phenoxy) is 2. The van der Waals surface area contributed by atoms with Gasteiger partial charge in [0.05, 0.1) is 13.2 Å². The van der Waals surface area contributed by atoms with Crippen molar-refractivity contribution >= 4 is 6.08 Å². The molecule has 2 unspecified atom stereocenters. The average Bonchev–Trinajstić information content (AvgIpc) is 2.74. The summed E-state index contributed by atoms with van der Waals surface area (Å²) in [5.41, 5.74) is 2.42. The molecule has 2 atom stereocenters. The van der Waals surface area contributed by atoms with Crippen LogP contribution in [0.15, 0.2) is 30.4 Å². The van der Waals surface area contributed by atoms with E-state index in [0.29, 0.717) is 11.8 Å². The summed E-state index contributed by atoms with van der Waals surface area (Å²) in [6.45, 7) is 9.86. The number of allylic oxidation sites excluding steroid dienone is 1. The Balaban J connectivity index is 0.000000847. The molecule has 2 heterocycles. The molecule has 2 aliphatic rings. The Bertz CT molecular complexity index is 543. The molecule has 2 aliphatic heterocycles. The SMILES string of the molecule is CC.CCC1C=Cc2cc3c(cc2OC1)OCC(C)/C=C\C3. The van der Waals surface area contributed by atoms with Crippen molar-refractivity contribution in [3.05, 3.63) is 41.5 Å². The van der Waals surface area contributed by atoms with Gasteiger partial charge >= 0.3 is 0 Å². The van der Waals surface area contributed by atoms with E-state index in [9.17, 15) is 0 Å². The summed E-state index contributed by atoms with van der Waals surface area (Å²) in [5.74, 6) is 2.90. The van der Waals surface area contributed by atoms with Gasteiger partial charge in [-0.25, -0.2) is 0 Å². The minimum absolute atomic E-state index is 0.465. The van der Waals surface area contributed by atoms with Crippen LogP contribution in [-0.2, 0) is 6.42 Å². The highest BCUT2D eigenvalue weighted by atomic mass is 16.5. The molecule has 1 aromatic rings. The summed E-state index contributed by atoms with van der Waals surface area (Å²) in [6.07, 6.45) is 11.0. The minimum atomic E-state index is 0.465. The van der Waals surface area contributed by atoms with Crippen LogP contribution in [0.25, 0.3) is 6.08 Å². The molecule has 0 amide bonds. The molecule has 0 N–H and O–H groups in total. The highest BCUT2D eigenvalue weighted by Gasteiger charge is 2.16. The molecule has 0 saturated carbocycles. The fraction of sp³-hybridized carbons (Fsp3) is 0.500.